The lowest BCUT2D eigenvalue weighted by Crippen LogP contribution is -2.55. The number of amides is 1. The van der Waals surface area contributed by atoms with Crippen molar-refractivity contribution in [3.8, 4) is 0 Å². The predicted molar refractivity (Wildman–Crippen MR) is 109 cm³/mol. The van der Waals surface area contributed by atoms with Crippen molar-refractivity contribution in [2.24, 2.45) is 12.0 Å². The highest BCUT2D eigenvalue weighted by Gasteiger charge is 2.27. The molecule has 142 valence electrons. The highest BCUT2D eigenvalue weighted by atomic mass is 127. The third kappa shape index (κ3) is 4.54. The smallest absolute Gasteiger partial charge is 0.246 e. The van der Waals surface area contributed by atoms with Gasteiger partial charge in [0.25, 0.3) is 0 Å². The summed E-state index contributed by atoms with van der Waals surface area (Å²) in [6.07, 6.45) is 4.38. The Morgan fingerprint density at radius 3 is 2.81 bits per heavy atom. The fourth-order valence-electron chi connectivity index (χ4n) is 2.78. The molecule has 0 aromatic carbocycles. The molecule has 1 aliphatic heterocycles. The largest absolute Gasteiger partial charge is 0.359 e. The van der Waals surface area contributed by atoms with E-state index in [1.807, 2.05) is 31.1 Å². The van der Waals surface area contributed by atoms with E-state index in [0.29, 0.717) is 25.6 Å². The maximum atomic E-state index is 12.5. The molecular formula is C16H24IN7O2. The summed E-state index contributed by atoms with van der Waals surface area (Å²) >= 11 is 0. The number of aromatic nitrogens is 3. The second-order valence-corrected chi connectivity index (χ2v) is 5.88. The third-order valence-electron chi connectivity index (χ3n) is 4.13. The van der Waals surface area contributed by atoms with E-state index in [9.17, 15) is 4.79 Å². The molecule has 0 radical (unpaired) electrons. The molecule has 3 rings (SSSR count). The maximum absolute atomic E-state index is 12.5. The van der Waals surface area contributed by atoms with E-state index in [-0.39, 0.29) is 36.4 Å². The Kier molecular flexibility index (Phi) is 7.00. The van der Waals surface area contributed by atoms with Crippen LogP contribution in [0.1, 0.15) is 18.4 Å². The van der Waals surface area contributed by atoms with E-state index in [2.05, 4.69) is 20.6 Å². The summed E-state index contributed by atoms with van der Waals surface area (Å²) in [4.78, 5) is 20.4. The number of nitrogens with one attached hydrogen (secondary N) is 1. The van der Waals surface area contributed by atoms with Gasteiger partial charge in [-0.1, -0.05) is 12.1 Å². The monoisotopic (exact) mass is 473 g/mol. The van der Waals surface area contributed by atoms with Crippen LogP contribution in [0.25, 0.3) is 0 Å². The summed E-state index contributed by atoms with van der Waals surface area (Å²) in [6.45, 7) is 4.06. The molecule has 10 heteroatoms. The lowest BCUT2D eigenvalue weighted by Gasteiger charge is -2.35. The van der Waals surface area contributed by atoms with Gasteiger partial charge in [0.15, 0.2) is 11.7 Å². The van der Waals surface area contributed by atoms with Gasteiger partial charge in [-0.2, -0.15) is 5.10 Å². The number of aliphatic imine (C=N–C) groups is 1. The third-order valence-corrected chi connectivity index (χ3v) is 4.13. The van der Waals surface area contributed by atoms with Gasteiger partial charge in [-0.05, 0) is 6.42 Å². The standard InChI is InChI=1S/C16H23N7O2.HI/c1-4-12-7-14(25-20-12)9-18-16(17-2)22-5-6-23(15(24)11-22)13-8-19-21(3)10-13;/h7-8,10H,4-6,9,11H2,1-3H3,(H,17,18);1H. The molecule has 0 atom stereocenters. The highest BCUT2D eigenvalue weighted by molar-refractivity contribution is 14.0. The van der Waals surface area contributed by atoms with Gasteiger partial charge < -0.3 is 19.6 Å². The van der Waals surface area contributed by atoms with Crippen LogP contribution < -0.4 is 10.2 Å². The number of halogens is 1. The number of carbonyl (C=O) groups is 1. The molecule has 0 bridgehead atoms. The molecule has 1 amide bonds. The number of hydrogen-bond donors (Lipinski definition) is 1. The molecule has 1 aliphatic rings. The first-order valence-electron chi connectivity index (χ1n) is 8.29. The minimum absolute atomic E-state index is 0. The van der Waals surface area contributed by atoms with Gasteiger partial charge in [-0.3, -0.25) is 14.5 Å². The lowest BCUT2D eigenvalue weighted by molar-refractivity contribution is -0.120. The van der Waals surface area contributed by atoms with Crippen LogP contribution in [0, 0.1) is 0 Å². The highest BCUT2D eigenvalue weighted by Crippen LogP contribution is 2.16. The Labute approximate surface area is 169 Å². The summed E-state index contributed by atoms with van der Waals surface area (Å²) in [5.74, 6) is 1.45. The molecule has 2 aromatic rings. The summed E-state index contributed by atoms with van der Waals surface area (Å²) in [5.41, 5.74) is 1.75. The normalized spacial score (nSPS) is 15.2. The number of aryl methyl sites for hydroxylation is 2. The van der Waals surface area contributed by atoms with Gasteiger partial charge in [0.05, 0.1) is 24.1 Å². The number of piperazine rings is 1. The zero-order valence-corrected chi connectivity index (χ0v) is 17.5. The number of guanidine groups is 1. The first-order chi connectivity index (χ1) is 12.1. The van der Waals surface area contributed by atoms with Gasteiger partial charge in [-0.25, -0.2) is 0 Å². The van der Waals surface area contributed by atoms with E-state index in [1.165, 1.54) is 0 Å². The number of anilines is 1. The van der Waals surface area contributed by atoms with Gasteiger partial charge in [0, 0.05) is 39.4 Å². The lowest BCUT2D eigenvalue weighted by atomic mass is 10.3. The second kappa shape index (κ2) is 9.01. The zero-order valence-electron chi connectivity index (χ0n) is 15.2. The van der Waals surface area contributed by atoms with E-state index in [0.717, 1.165) is 23.6 Å². The van der Waals surface area contributed by atoms with Crippen LogP contribution in [0.4, 0.5) is 5.69 Å². The Morgan fingerprint density at radius 2 is 2.23 bits per heavy atom. The molecule has 3 heterocycles. The molecule has 26 heavy (non-hydrogen) atoms. The minimum Gasteiger partial charge on any atom is -0.359 e. The van der Waals surface area contributed by atoms with Crippen LogP contribution in [-0.4, -0.2) is 58.4 Å². The number of nitrogens with zero attached hydrogens (tertiary/aromatic N) is 6. The fraction of sp³-hybridized carbons (Fsp3) is 0.500. The van der Waals surface area contributed by atoms with Crippen molar-refractivity contribution in [1.82, 2.24) is 25.2 Å². The van der Waals surface area contributed by atoms with Gasteiger partial charge in [0.2, 0.25) is 5.91 Å². The first-order valence-corrected chi connectivity index (χ1v) is 8.29. The first kappa shape index (κ1) is 20.2. The molecule has 0 unspecified atom stereocenters. The molecule has 1 N–H and O–H groups in total. The average molecular weight is 473 g/mol. The number of carbonyl (C=O) groups excluding carboxylic acids is 1. The molecule has 9 nitrogen and oxygen atoms in total. The van der Waals surface area contributed by atoms with Gasteiger partial charge in [-0.15, -0.1) is 24.0 Å². The minimum atomic E-state index is 0. The topological polar surface area (TPSA) is 91.8 Å². The summed E-state index contributed by atoms with van der Waals surface area (Å²) < 4.78 is 6.96. The summed E-state index contributed by atoms with van der Waals surface area (Å²) in [6, 6.07) is 1.92. The van der Waals surface area contributed by atoms with E-state index in [4.69, 9.17) is 4.52 Å². The number of hydrogen-bond acceptors (Lipinski definition) is 5. The summed E-state index contributed by atoms with van der Waals surface area (Å²) in [7, 11) is 3.54. The quantitative estimate of drug-likeness (QED) is 0.405. The molecular weight excluding hydrogens is 449 g/mol. The van der Waals surface area contributed by atoms with Crippen molar-refractivity contribution in [1.29, 1.82) is 0 Å². The molecule has 0 aliphatic carbocycles. The van der Waals surface area contributed by atoms with Crippen LogP contribution >= 0.6 is 24.0 Å². The van der Waals surface area contributed by atoms with Crippen molar-refractivity contribution in [2.45, 2.75) is 19.9 Å². The maximum Gasteiger partial charge on any atom is 0.246 e. The number of rotatable bonds is 4. The van der Waals surface area contributed by atoms with E-state index in [1.54, 1.807) is 22.8 Å². The summed E-state index contributed by atoms with van der Waals surface area (Å²) in [5, 5.41) is 11.3. The van der Waals surface area contributed by atoms with Gasteiger partial charge >= 0.3 is 0 Å². The zero-order chi connectivity index (χ0) is 17.8. The average Bonchev–Trinajstić information content (AvgIpc) is 3.24. The van der Waals surface area contributed by atoms with Crippen molar-refractivity contribution < 1.29 is 9.32 Å². The van der Waals surface area contributed by atoms with Crippen molar-refractivity contribution in [3.63, 3.8) is 0 Å². The molecule has 1 saturated heterocycles. The van der Waals surface area contributed by atoms with E-state index >= 15 is 0 Å². The SMILES string of the molecule is CCc1cc(CNC(=NC)N2CCN(c3cnn(C)c3)C(=O)C2)on1.I. The van der Waals surface area contributed by atoms with E-state index < -0.39 is 0 Å². The van der Waals surface area contributed by atoms with Crippen LogP contribution in [0.5, 0.6) is 0 Å². The Morgan fingerprint density at radius 1 is 1.42 bits per heavy atom. The second-order valence-electron chi connectivity index (χ2n) is 5.88. The molecule has 2 aromatic heterocycles. The Balaban J connectivity index is 0.00000243. The van der Waals surface area contributed by atoms with Crippen molar-refractivity contribution >= 4 is 41.5 Å². The Bertz CT molecular complexity index is 770. The fourth-order valence-corrected chi connectivity index (χ4v) is 2.78. The van der Waals surface area contributed by atoms with Crippen LogP contribution in [0.3, 0.4) is 0 Å². The molecule has 1 fully saturated rings. The van der Waals surface area contributed by atoms with Crippen LogP contribution in [0.2, 0.25) is 0 Å². The van der Waals surface area contributed by atoms with Crippen molar-refractivity contribution in [2.75, 3.05) is 31.6 Å². The van der Waals surface area contributed by atoms with Gasteiger partial charge in [0.1, 0.15) is 6.54 Å². The predicted octanol–water partition coefficient (Wildman–Crippen LogP) is 1.01. The molecule has 0 saturated carbocycles. The Hall–Kier alpha value is -2.11. The van der Waals surface area contributed by atoms with Crippen LogP contribution in [-0.2, 0) is 24.8 Å². The van der Waals surface area contributed by atoms with Crippen molar-refractivity contribution in [3.05, 3.63) is 29.9 Å². The van der Waals surface area contributed by atoms with Crippen LogP contribution in [0.15, 0.2) is 28.0 Å². The molecule has 0 spiro atoms.